The average Bonchev–Trinajstić information content (AvgIpc) is 1.89. The predicted octanol–water partition coefficient (Wildman–Crippen LogP) is -0.618. The molecule has 9 heavy (non-hydrogen) atoms. The Kier molecular flexibility index (Phi) is 4.56. The molecule has 0 aliphatic heterocycles. The van der Waals surface area contributed by atoms with E-state index in [1.807, 2.05) is 0 Å². The Hall–Kier alpha value is -1.01. The Morgan fingerprint density at radius 3 is 2.89 bits per heavy atom. The lowest BCUT2D eigenvalue weighted by Crippen LogP contribution is -2.05. The maximum absolute atomic E-state index is 10.3. The fourth-order valence-corrected chi connectivity index (χ4v) is 0.256. The van der Waals surface area contributed by atoms with Gasteiger partial charge in [0.25, 0.3) is 0 Å². The van der Waals surface area contributed by atoms with E-state index < -0.39 is 5.97 Å². The molecule has 0 amide bonds. The summed E-state index contributed by atoms with van der Waals surface area (Å²) in [5.74, 6) is 4.31. The molecule has 0 aliphatic rings. The van der Waals surface area contributed by atoms with E-state index in [1.54, 1.807) is 7.05 Å². The van der Waals surface area contributed by atoms with Crippen LogP contribution in [0.25, 0.3) is 0 Å². The predicted molar refractivity (Wildman–Crippen MR) is 33.7 cm³/mol. The Balaban J connectivity index is 3.46. The number of ether oxygens (including phenoxy) is 1. The smallest absolute Gasteiger partial charge is 0.384 e. The van der Waals surface area contributed by atoms with Crippen LogP contribution < -0.4 is 5.32 Å². The van der Waals surface area contributed by atoms with Gasteiger partial charge in [-0.05, 0) is 7.05 Å². The molecule has 0 aromatic rings. The quantitative estimate of drug-likeness (QED) is 0.290. The van der Waals surface area contributed by atoms with E-state index in [0.29, 0.717) is 6.54 Å². The van der Waals surface area contributed by atoms with E-state index >= 15 is 0 Å². The molecule has 0 aromatic heterocycles. The summed E-state index contributed by atoms with van der Waals surface area (Å²) in [7, 11) is 3.06. The van der Waals surface area contributed by atoms with Gasteiger partial charge >= 0.3 is 5.97 Å². The molecule has 0 aliphatic carbocycles. The first kappa shape index (κ1) is 7.99. The van der Waals surface area contributed by atoms with Crippen molar-refractivity contribution < 1.29 is 9.53 Å². The second kappa shape index (κ2) is 5.13. The van der Waals surface area contributed by atoms with Crippen LogP contribution in [0.3, 0.4) is 0 Å². The molecule has 3 nitrogen and oxygen atoms in total. The number of esters is 1. The van der Waals surface area contributed by atoms with Gasteiger partial charge in [-0.25, -0.2) is 4.79 Å². The van der Waals surface area contributed by atoms with E-state index in [0.717, 1.165) is 0 Å². The molecule has 0 radical (unpaired) electrons. The minimum Gasteiger partial charge on any atom is -0.459 e. The molecule has 0 bridgehead atoms. The molecule has 1 N–H and O–H groups in total. The highest BCUT2D eigenvalue weighted by Gasteiger charge is 1.86. The van der Waals surface area contributed by atoms with E-state index in [2.05, 4.69) is 21.9 Å². The highest BCUT2D eigenvalue weighted by molar-refractivity contribution is 5.88. The van der Waals surface area contributed by atoms with Gasteiger partial charge in [0.05, 0.1) is 13.7 Å². The van der Waals surface area contributed by atoms with Crippen molar-refractivity contribution in [3.05, 3.63) is 0 Å². The van der Waals surface area contributed by atoms with Crippen molar-refractivity contribution in [3.8, 4) is 11.8 Å². The van der Waals surface area contributed by atoms with Gasteiger partial charge in [-0.3, -0.25) is 0 Å². The standard InChI is InChI=1S/C6H9NO2/c1-7-5-3-4-6(8)9-2/h7H,5H2,1-2H3. The van der Waals surface area contributed by atoms with Gasteiger partial charge in [-0.1, -0.05) is 5.92 Å². The molecule has 0 unspecified atom stereocenters. The molecule has 0 atom stereocenters. The monoisotopic (exact) mass is 127 g/mol. The summed E-state index contributed by atoms with van der Waals surface area (Å²) in [6.45, 7) is 0.509. The number of hydrogen-bond donors (Lipinski definition) is 1. The summed E-state index contributed by atoms with van der Waals surface area (Å²) in [6.07, 6.45) is 0. The molecule has 50 valence electrons. The van der Waals surface area contributed by atoms with Gasteiger partial charge in [-0.15, -0.1) is 0 Å². The summed E-state index contributed by atoms with van der Waals surface area (Å²) in [5.41, 5.74) is 0. The van der Waals surface area contributed by atoms with Crippen molar-refractivity contribution >= 4 is 5.97 Å². The van der Waals surface area contributed by atoms with Crippen LogP contribution in [0.4, 0.5) is 0 Å². The maximum Gasteiger partial charge on any atom is 0.384 e. The van der Waals surface area contributed by atoms with Crippen molar-refractivity contribution in [1.82, 2.24) is 5.32 Å². The second-order valence-electron chi connectivity index (χ2n) is 1.32. The molecular weight excluding hydrogens is 118 g/mol. The third-order valence-corrected chi connectivity index (χ3v) is 0.641. The lowest BCUT2D eigenvalue weighted by molar-refractivity contribution is -0.133. The molecule has 0 heterocycles. The van der Waals surface area contributed by atoms with Crippen molar-refractivity contribution in [2.75, 3.05) is 20.7 Å². The highest BCUT2D eigenvalue weighted by Crippen LogP contribution is 1.65. The van der Waals surface area contributed by atoms with E-state index in [4.69, 9.17) is 0 Å². The zero-order valence-electron chi connectivity index (χ0n) is 5.52. The molecule has 3 heteroatoms. The summed E-state index contributed by atoms with van der Waals surface area (Å²) in [4.78, 5) is 10.3. The third-order valence-electron chi connectivity index (χ3n) is 0.641. The van der Waals surface area contributed by atoms with E-state index in [9.17, 15) is 4.79 Å². The number of carbonyl (C=O) groups is 1. The first-order valence-corrected chi connectivity index (χ1v) is 2.52. The lowest BCUT2D eigenvalue weighted by atomic mass is 10.5. The van der Waals surface area contributed by atoms with Crippen LogP contribution in [0.15, 0.2) is 0 Å². The minimum atomic E-state index is -0.495. The van der Waals surface area contributed by atoms with Crippen LogP contribution in [0.5, 0.6) is 0 Å². The number of nitrogens with one attached hydrogen (secondary N) is 1. The zero-order valence-corrected chi connectivity index (χ0v) is 5.52. The highest BCUT2D eigenvalue weighted by atomic mass is 16.5. The van der Waals surface area contributed by atoms with Crippen molar-refractivity contribution in [1.29, 1.82) is 0 Å². The molecule has 0 saturated heterocycles. The molecule has 0 aromatic carbocycles. The van der Waals surface area contributed by atoms with Crippen molar-refractivity contribution in [2.24, 2.45) is 0 Å². The molecule has 0 saturated carbocycles. The van der Waals surface area contributed by atoms with Gasteiger partial charge in [0.2, 0.25) is 0 Å². The lowest BCUT2D eigenvalue weighted by Gasteiger charge is -1.84. The first-order chi connectivity index (χ1) is 4.31. The van der Waals surface area contributed by atoms with Crippen molar-refractivity contribution in [3.63, 3.8) is 0 Å². The SMILES string of the molecule is CNCC#CC(=O)OC. The average molecular weight is 127 g/mol. The summed E-state index contributed by atoms with van der Waals surface area (Å²) < 4.78 is 4.26. The van der Waals surface area contributed by atoms with Gasteiger partial charge in [-0.2, -0.15) is 0 Å². The van der Waals surface area contributed by atoms with Crippen LogP contribution in [-0.2, 0) is 9.53 Å². The van der Waals surface area contributed by atoms with Crippen LogP contribution >= 0.6 is 0 Å². The molecular formula is C6H9NO2. The largest absolute Gasteiger partial charge is 0.459 e. The van der Waals surface area contributed by atoms with Crippen LogP contribution in [0.2, 0.25) is 0 Å². The van der Waals surface area contributed by atoms with Crippen molar-refractivity contribution in [2.45, 2.75) is 0 Å². The van der Waals surface area contributed by atoms with Gasteiger partial charge in [0.1, 0.15) is 0 Å². The summed E-state index contributed by atoms with van der Waals surface area (Å²) in [6, 6.07) is 0. The van der Waals surface area contributed by atoms with Crippen LogP contribution in [0, 0.1) is 11.8 Å². The summed E-state index contributed by atoms with van der Waals surface area (Å²) >= 11 is 0. The Labute approximate surface area is 54.4 Å². The van der Waals surface area contributed by atoms with Crippen LogP contribution in [0.1, 0.15) is 0 Å². The zero-order chi connectivity index (χ0) is 7.11. The second-order valence-corrected chi connectivity index (χ2v) is 1.32. The van der Waals surface area contributed by atoms with Crippen LogP contribution in [-0.4, -0.2) is 26.7 Å². The summed E-state index contributed by atoms with van der Waals surface area (Å²) in [5, 5.41) is 2.77. The Bertz CT molecular complexity index is 143. The van der Waals surface area contributed by atoms with E-state index in [1.165, 1.54) is 7.11 Å². The number of carbonyl (C=O) groups excluding carboxylic acids is 1. The Morgan fingerprint density at radius 1 is 1.78 bits per heavy atom. The number of hydrogen-bond acceptors (Lipinski definition) is 3. The molecule has 0 spiro atoms. The third kappa shape index (κ3) is 4.85. The van der Waals surface area contributed by atoms with Gasteiger partial charge in [0, 0.05) is 5.92 Å². The van der Waals surface area contributed by atoms with Gasteiger partial charge < -0.3 is 10.1 Å². The normalized spacial score (nSPS) is 7.33. The van der Waals surface area contributed by atoms with E-state index in [-0.39, 0.29) is 0 Å². The minimum absolute atomic E-state index is 0.495. The maximum atomic E-state index is 10.3. The number of methoxy groups -OCH3 is 1. The number of rotatable bonds is 1. The fraction of sp³-hybridized carbons (Fsp3) is 0.500. The fourth-order valence-electron chi connectivity index (χ4n) is 0.256. The topological polar surface area (TPSA) is 38.3 Å². The molecule has 0 rings (SSSR count). The molecule has 0 fully saturated rings. The van der Waals surface area contributed by atoms with Gasteiger partial charge in [0.15, 0.2) is 0 Å². The Morgan fingerprint density at radius 2 is 2.44 bits per heavy atom. The first-order valence-electron chi connectivity index (χ1n) is 2.52.